The maximum Gasteiger partial charge on any atom is 0.340 e. The standard InChI is InChI=1S/C25H36N2O3S/c1-9-29-23(28)21(30-24(3,4)5)19-16(2)31-22(18-14-26-27(8)15-18)20(19)17-10-12-25(6,7)13-11-17/h10,14-15,21H,9,11-13H2,1-8H3. The Labute approximate surface area is 190 Å². The number of aromatic nitrogens is 2. The van der Waals surface area contributed by atoms with Crippen molar-refractivity contribution < 1.29 is 14.3 Å². The van der Waals surface area contributed by atoms with Crippen molar-refractivity contribution >= 4 is 22.9 Å². The Bertz CT molecular complexity index is 976. The Kier molecular flexibility index (Phi) is 6.82. The molecule has 1 aliphatic rings. The van der Waals surface area contributed by atoms with Gasteiger partial charge < -0.3 is 9.47 Å². The van der Waals surface area contributed by atoms with Crippen LogP contribution < -0.4 is 0 Å². The Morgan fingerprint density at radius 3 is 2.58 bits per heavy atom. The molecule has 0 amide bonds. The van der Waals surface area contributed by atoms with Gasteiger partial charge in [-0.05, 0) is 64.9 Å². The van der Waals surface area contributed by atoms with Crippen molar-refractivity contribution in [3.63, 3.8) is 0 Å². The first kappa shape index (κ1) is 23.7. The molecule has 3 rings (SSSR count). The topological polar surface area (TPSA) is 53.4 Å². The number of nitrogens with zero attached hydrogens (tertiary/aromatic N) is 2. The molecule has 31 heavy (non-hydrogen) atoms. The van der Waals surface area contributed by atoms with E-state index in [1.165, 1.54) is 5.57 Å². The number of allylic oxidation sites excluding steroid dienone is 2. The first-order chi connectivity index (χ1) is 14.4. The smallest absolute Gasteiger partial charge is 0.340 e. The van der Waals surface area contributed by atoms with Crippen molar-refractivity contribution in [2.45, 2.75) is 79.4 Å². The Balaban J connectivity index is 2.22. The van der Waals surface area contributed by atoms with Gasteiger partial charge in [-0.3, -0.25) is 4.68 Å². The first-order valence-corrected chi connectivity index (χ1v) is 11.9. The van der Waals surface area contributed by atoms with Gasteiger partial charge in [0.15, 0.2) is 6.10 Å². The number of ether oxygens (including phenoxy) is 2. The third-order valence-electron chi connectivity index (χ3n) is 5.63. The highest BCUT2D eigenvalue weighted by molar-refractivity contribution is 7.16. The minimum Gasteiger partial charge on any atom is -0.464 e. The number of carbonyl (C=O) groups is 1. The monoisotopic (exact) mass is 444 g/mol. The molecule has 2 aromatic rings. The summed E-state index contributed by atoms with van der Waals surface area (Å²) in [4.78, 5) is 15.3. The van der Waals surface area contributed by atoms with E-state index >= 15 is 0 Å². The summed E-state index contributed by atoms with van der Waals surface area (Å²) in [5.74, 6) is -0.325. The molecule has 0 radical (unpaired) electrons. The molecule has 2 aromatic heterocycles. The molecule has 0 spiro atoms. The third kappa shape index (κ3) is 5.47. The molecule has 0 saturated carbocycles. The van der Waals surface area contributed by atoms with Crippen molar-refractivity contribution in [3.8, 4) is 10.4 Å². The summed E-state index contributed by atoms with van der Waals surface area (Å²) in [5, 5.41) is 4.39. The first-order valence-electron chi connectivity index (χ1n) is 11.1. The van der Waals surface area contributed by atoms with Crippen molar-refractivity contribution in [1.82, 2.24) is 9.78 Å². The number of hydrogen-bond acceptors (Lipinski definition) is 5. The van der Waals surface area contributed by atoms with E-state index in [1.54, 1.807) is 11.3 Å². The summed E-state index contributed by atoms with van der Waals surface area (Å²) in [6.07, 6.45) is 8.65. The number of rotatable bonds is 6. The van der Waals surface area contributed by atoms with Crippen LogP contribution >= 0.6 is 11.3 Å². The van der Waals surface area contributed by atoms with Crippen molar-refractivity contribution in [2.75, 3.05) is 6.61 Å². The van der Waals surface area contributed by atoms with Crippen LogP contribution in [0.15, 0.2) is 18.5 Å². The molecule has 0 saturated heterocycles. The molecule has 6 heteroatoms. The molecule has 0 N–H and O–H groups in total. The summed E-state index contributed by atoms with van der Waals surface area (Å²) < 4.78 is 13.6. The minimum absolute atomic E-state index is 0.297. The molecule has 0 aliphatic heterocycles. The third-order valence-corrected chi connectivity index (χ3v) is 6.80. The van der Waals surface area contributed by atoms with Crippen LogP contribution in [-0.4, -0.2) is 28.0 Å². The lowest BCUT2D eigenvalue weighted by molar-refractivity contribution is -0.166. The van der Waals surface area contributed by atoms with Gasteiger partial charge in [0.2, 0.25) is 0 Å². The van der Waals surface area contributed by atoms with Gasteiger partial charge in [0.25, 0.3) is 0 Å². The normalized spacial score (nSPS) is 17.4. The minimum atomic E-state index is -0.757. The van der Waals surface area contributed by atoms with E-state index in [0.717, 1.165) is 45.7 Å². The number of aryl methyl sites for hydroxylation is 2. The molecule has 1 atom stereocenters. The van der Waals surface area contributed by atoms with Crippen LogP contribution in [0.25, 0.3) is 16.0 Å². The molecular weight excluding hydrogens is 408 g/mol. The number of thiophene rings is 1. The quantitative estimate of drug-likeness (QED) is 0.479. The molecule has 170 valence electrons. The van der Waals surface area contributed by atoms with E-state index in [4.69, 9.17) is 9.47 Å². The lowest BCUT2D eigenvalue weighted by Gasteiger charge is -2.31. The molecule has 0 aromatic carbocycles. The van der Waals surface area contributed by atoms with Gasteiger partial charge >= 0.3 is 5.97 Å². The zero-order valence-corrected chi connectivity index (χ0v) is 21.0. The van der Waals surface area contributed by atoms with E-state index in [1.807, 2.05) is 51.8 Å². The Hall–Kier alpha value is -1.92. The number of hydrogen-bond donors (Lipinski definition) is 0. The molecular formula is C25H36N2O3S. The molecule has 1 aliphatic carbocycles. The second kappa shape index (κ2) is 8.91. The average molecular weight is 445 g/mol. The van der Waals surface area contributed by atoms with Crippen LogP contribution in [0.3, 0.4) is 0 Å². The van der Waals surface area contributed by atoms with Gasteiger partial charge in [0, 0.05) is 39.7 Å². The van der Waals surface area contributed by atoms with E-state index in [0.29, 0.717) is 12.0 Å². The molecule has 2 heterocycles. The zero-order chi connectivity index (χ0) is 23.0. The predicted octanol–water partition coefficient (Wildman–Crippen LogP) is 6.47. The van der Waals surface area contributed by atoms with Gasteiger partial charge in [-0.2, -0.15) is 5.10 Å². The van der Waals surface area contributed by atoms with Gasteiger partial charge in [-0.15, -0.1) is 11.3 Å². The van der Waals surface area contributed by atoms with E-state index < -0.39 is 11.7 Å². The highest BCUT2D eigenvalue weighted by Crippen LogP contribution is 2.48. The number of esters is 1. The second-order valence-corrected chi connectivity index (χ2v) is 11.4. The molecule has 1 unspecified atom stereocenters. The fraction of sp³-hybridized carbons (Fsp3) is 0.600. The summed E-state index contributed by atoms with van der Waals surface area (Å²) >= 11 is 1.71. The van der Waals surface area contributed by atoms with Gasteiger partial charge in [0.1, 0.15) is 0 Å². The highest BCUT2D eigenvalue weighted by Gasteiger charge is 2.36. The molecule has 0 fully saturated rings. The maximum atomic E-state index is 13.1. The summed E-state index contributed by atoms with van der Waals surface area (Å²) in [6.45, 7) is 14.8. The van der Waals surface area contributed by atoms with Gasteiger partial charge in [-0.1, -0.05) is 19.9 Å². The predicted molar refractivity (Wildman–Crippen MR) is 127 cm³/mol. The zero-order valence-electron chi connectivity index (χ0n) is 20.2. The average Bonchev–Trinajstić information content (AvgIpc) is 3.22. The summed E-state index contributed by atoms with van der Waals surface area (Å²) in [5.41, 5.74) is 4.26. The van der Waals surface area contributed by atoms with E-state index in [2.05, 4.69) is 31.9 Å². The largest absolute Gasteiger partial charge is 0.464 e. The Morgan fingerprint density at radius 2 is 2.06 bits per heavy atom. The van der Waals surface area contributed by atoms with Crippen LogP contribution in [-0.2, 0) is 21.3 Å². The van der Waals surface area contributed by atoms with Crippen molar-refractivity contribution in [2.24, 2.45) is 12.5 Å². The summed E-state index contributed by atoms with van der Waals surface area (Å²) in [6, 6.07) is 0. The maximum absolute atomic E-state index is 13.1. The van der Waals surface area contributed by atoms with Crippen LogP contribution in [0.1, 0.15) is 82.9 Å². The highest BCUT2D eigenvalue weighted by atomic mass is 32.1. The van der Waals surface area contributed by atoms with Crippen molar-refractivity contribution in [1.29, 1.82) is 0 Å². The van der Waals surface area contributed by atoms with Crippen LogP contribution in [0, 0.1) is 12.3 Å². The second-order valence-electron chi connectivity index (χ2n) is 10.1. The fourth-order valence-corrected chi connectivity index (χ4v) is 5.23. The van der Waals surface area contributed by atoms with Crippen molar-refractivity contribution in [3.05, 3.63) is 34.5 Å². The van der Waals surface area contributed by atoms with Crippen LogP contribution in [0.4, 0.5) is 0 Å². The number of carbonyl (C=O) groups excluding carboxylic acids is 1. The van der Waals surface area contributed by atoms with Gasteiger partial charge in [0.05, 0.1) is 18.4 Å². The molecule has 5 nitrogen and oxygen atoms in total. The lowest BCUT2D eigenvalue weighted by atomic mass is 9.76. The van der Waals surface area contributed by atoms with Crippen LogP contribution in [0.5, 0.6) is 0 Å². The SMILES string of the molecule is CCOC(=O)C(OC(C)(C)C)c1c(C)sc(-c2cnn(C)c2)c1C1=CCC(C)(C)CC1. The lowest BCUT2D eigenvalue weighted by Crippen LogP contribution is -2.29. The summed E-state index contributed by atoms with van der Waals surface area (Å²) in [7, 11) is 1.93. The molecule has 0 bridgehead atoms. The van der Waals surface area contributed by atoms with Crippen LogP contribution in [0.2, 0.25) is 0 Å². The van der Waals surface area contributed by atoms with E-state index in [-0.39, 0.29) is 5.97 Å². The fourth-order valence-electron chi connectivity index (χ4n) is 4.03. The van der Waals surface area contributed by atoms with E-state index in [9.17, 15) is 4.79 Å². The van der Waals surface area contributed by atoms with Gasteiger partial charge in [-0.25, -0.2) is 4.79 Å². The Morgan fingerprint density at radius 1 is 1.35 bits per heavy atom.